The molecule has 0 spiro atoms. The predicted molar refractivity (Wildman–Crippen MR) is 120 cm³/mol. The molecule has 0 aliphatic heterocycles. The van der Waals surface area contributed by atoms with Crippen LogP contribution in [0.15, 0.2) is 115 Å². The molecule has 2 N–H and O–H groups in total. The highest BCUT2D eigenvalue weighted by Crippen LogP contribution is 2.58. The minimum Gasteiger partial charge on any atom is -1.00 e. The Bertz CT molecular complexity index is 907. The van der Waals surface area contributed by atoms with Gasteiger partial charge < -0.3 is 29.7 Å². The standard InChI is InChI=1S/C25H23NP.HI/c26-22-12-10-11-21(19-22)20-27(23-13-4-1-5-14-23,24-15-6-2-7-16-24)25-17-8-3-9-18-25;/h1-19H,20,26H2;1H/q+1;/p-1. The zero-order chi connectivity index (χ0) is 18.5. The molecular weight excluding hydrogens is 472 g/mol. The molecule has 0 unspecified atom stereocenters. The molecule has 0 saturated heterocycles. The SMILES string of the molecule is Nc1cccc(C[P+](c2ccccc2)(c2ccccc2)c2ccccc2)c1.[I-]. The predicted octanol–water partition coefficient (Wildman–Crippen LogP) is 1.77. The van der Waals surface area contributed by atoms with Gasteiger partial charge in [0.05, 0.1) is 6.16 Å². The molecule has 140 valence electrons. The van der Waals surface area contributed by atoms with E-state index in [2.05, 4.69) is 109 Å². The first-order valence-electron chi connectivity index (χ1n) is 9.18. The van der Waals surface area contributed by atoms with Gasteiger partial charge in [-0.1, -0.05) is 66.7 Å². The van der Waals surface area contributed by atoms with Gasteiger partial charge in [-0.05, 0) is 54.1 Å². The lowest BCUT2D eigenvalue weighted by molar-refractivity contribution is -0.00000528. The Morgan fingerprint density at radius 1 is 0.536 bits per heavy atom. The van der Waals surface area contributed by atoms with Gasteiger partial charge in [0.1, 0.15) is 23.2 Å². The van der Waals surface area contributed by atoms with Crippen molar-refractivity contribution in [1.82, 2.24) is 0 Å². The number of halogens is 1. The van der Waals surface area contributed by atoms with E-state index in [9.17, 15) is 0 Å². The summed E-state index contributed by atoms with van der Waals surface area (Å²) in [4.78, 5) is 0. The van der Waals surface area contributed by atoms with Crippen molar-refractivity contribution in [3.8, 4) is 0 Å². The maximum Gasteiger partial charge on any atom is 0.116 e. The Hall–Kier alpha value is -2.16. The lowest BCUT2D eigenvalue weighted by Gasteiger charge is -2.28. The first-order chi connectivity index (χ1) is 13.3. The summed E-state index contributed by atoms with van der Waals surface area (Å²) in [5, 5.41) is 4.18. The van der Waals surface area contributed by atoms with E-state index in [-0.39, 0.29) is 24.0 Å². The van der Waals surface area contributed by atoms with E-state index in [1.807, 2.05) is 6.07 Å². The van der Waals surface area contributed by atoms with Crippen LogP contribution in [0.25, 0.3) is 0 Å². The highest BCUT2D eigenvalue weighted by atomic mass is 127. The van der Waals surface area contributed by atoms with Crippen molar-refractivity contribution in [2.24, 2.45) is 0 Å². The Morgan fingerprint density at radius 2 is 0.964 bits per heavy atom. The topological polar surface area (TPSA) is 26.0 Å². The maximum absolute atomic E-state index is 6.11. The van der Waals surface area contributed by atoms with E-state index >= 15 is 0 Å². The normalized spacial score (nSPS) is 10.9. The number of rotatable bonds is 5. The van der Waals surface area contributed by atoms with E-state index in [4.69, 9.17) is 5.73 Å². The molecule has 3 heteroatoms. The summed E-state index contributed by atoms with van der Waals surface area (Å²) in [6.07, 6.45) is 0.954. The Balaban J connectivity index is 0.00000225. The van der Waals surface area contributed by atoms with Crippen LogP contribution in [-0.4, -0.2) is 0 Å². The van der Waals surface area contributed by atoms with Gasteiger partial charge in [0, 0.05) is 5.69 Å². The fraction of sp³-hybridized carbons (Fsp3) is 0.0400. The molecule has 0 aromatic heterocycles. The van der Waals surface area contributed by atoms with Crippen LogP contribution < -0.4 is 45.6 Å². The van der Waals surface area contributed by atoms with Gasteiger partial charge in [0.2, 0.25) is 0 Å². The highest BCUT2D eigenvalue weighted by Gasteiger charge is 2.45. The summed E-state index contributed by atoms with van der Waals surface area (Å²) in [5.41, 5.74) is 8.20. The zero-order valence-corrected chi connectivity index (χ0v) is 18.6. The molecule has 28 heavy (non-hydrogen) atoms. The molecule has 1 nitrogen and oxygen atoms in total. The monoisotopic (exact) mass is 495 g/mol. The quantitative estimate of drug-likeness (QED) is 0.255. The minimum absolute atomic E-state index is 0. The van der Waals surface area contributed by atoms with Gasteiger partial charge in [-0.3, -0.25) is 0 Å². The Labute approximate surface area is 185 Å². The van der Waals surface area contributed by atoms with Gasteiger partial charge in [0.25, 0.3) is 0 Å². The minimum atomic E-state index is -1.85. The van der Waals surface area contributed by atoms with Crippen molar-refractivity contribution in [3.05, 3.63) is 121 Å². The highest BCUT2D eigenvalue weighted by molar-refractivity contribution is 7.95. The summed E-state index contributed by atoms with van der Waals surface area (Å²) in [6.45, 7) is 0. The van der Waals surface area contributed by atoms with Crippen LogP contribution in [0, 0.1) is 0 Å². The lowest BCUT2D eigenvalue weighted by Crippen LogP contribution is -3.00. The lowest BCUT2D eigenvalue weighted by atomic mass is 10.2. The average molecular weight is 495 g/mol. The van der Waals surface area contributed by atoms with Gasteiger partial charge in [-0.15, -0.1) is 0 Å². The van der Waals surface area contributed by atoms with Crippen LogP contribution in [0.4, 0.5) is 5.69 Å². The molecule has 0 heterocycles. The van der Waals surface area contributed by atoms with E-state index < -0.39 is 7.26 Å². The second-order valence-electron chi connectivity index (χ2n) is 6.72. The summed E-state index contributed by atoms with van der Waals surface area (Å²) in [7, 11) is -1.85. The zero-order valence-electron chi connectivity index (χ0n) is 15.6. The van der Waals surface area contributed by atoms with E-state index in [1.54, 1.807) is 0 Å². The van der Waals surface area contributed by atoms with Gasteiger partial charge >= 0.3 is 0 Å². The summed E-state index contributed by atoms with van der Waals surface area (Å²) in [6, 6.07) is 41.2. The molecule has 4 aromatic rings. The summed E-state index contributed by atoms with van der Waals surface area (Å²) < 4.78 is 0. The van der Waals surface area contributed by atoms with Crippen LogP contribution in [0.1, 0.15) is 5.56 Å². The molecule has 0 saturated carbocycles. The first kappa shape index (κ1) is 20.6. The number of hydrogen-bond donors (Lipinski definition) is 1. The van der Waals surface area contributed by atoms with Crippen LogP contribution in [-0.2, 0) is 6.16 Å². The molecule has 4 aromatic carbocycles. The van der Waals surface area contributed by atoms with Crippen molar-refractivity contribution in [2.45, 2.75) is 6.16 Å². The van der Waals surface area contributed by atoms with Crippen molar-refractivity contribution < 1.29 is 24.0 Å². The number of anilines is 1. The molecule has 0 radical (unpaired) electrons. The molecule has 0 amide bonds. The maximum atomic E-state index is 6.11. The molecule has 4 rings (SSSR count). The summed E-state index contributed by atoms with van der Waals surface area (Å²) >= 11 is 0. The van der Waals surface area contributed by atoms with Crippen LogP contribution in [0.2, 0.25) is 0 Å². The second kappa shape index (κ2) is 9.36. The number of benzene rings is 4. The molecule has 0 aliphatic carbocycles. The Morgan fingerprint density at radius 3 is 1.36 bits per heavy atom. The average Bonchev–Trinajstić information content (AvgIpc) is 2.74. The number of hydrogen-bond acceptors (Lipinski definition) is 1. The third-order valence-corrected chi connectivity index (χ3v) is 9.34. The van der Waals surface area contributed by atoms with Crippen molar-refractivity contribution in [1.29, 1.82) is 0 Å². The van der Waals surface area contributed by atoms with Crippen molar-refractivity contribution in [2.75, 3.05) is 5.73 Å². The van der Waals surface area contributed by atoms with Crippen LogP contribution >= 0.6 is 7.26 Å². The van der Waals surface area contributed by atoms with Gasteiger partial charge in [-0.25, -0.2) is 0 Å². The second-order valence-corrected chi connectivity index (χ2v) is 10.2. The molecule has 0 fully saturated rings. The molecular formula is C25H23INP. The van der Waals surface area contributed by atoms with Gasteiger partial charge in [0.15, 0.2) is 0 Å². The number of nitrogens with two attached hydrogens (primary N) is 1. The van der Waals surface area contributed by atoms with E-state index in [0.717, 1.165) is 11.8 Å². The molecule has 0 bridgehead atoms. The summed E-state index contributed by atoms with van der Waals surface area (Å²) in [5.74, 6) is 0. The first-order valence-corrected chi connectivity index (χ1v) is 11.2. The third kappa shape index (κ3) is 4.14. The van der Waals surface area contributed by atoms with Crippen LogP contribution in [0.5, 0.6) is 0 Å². The van der Waals surface area contributed by atoms with E-state index in [1.165, 1.54) is 21.5 Å². The fourth-order valence-corrected chi connectivity index (χ4v) is 7.96. The van der Waals surface area contributed by atoms with Crippen molar-refractivity contribution >= 4 is 28.9 Å². The van der Waals surface area contributed by atoms with Crippen molar-refractivity contribution in [3.63, 3.8) is 0 Å². The Kier molecular flexibility index (Phi) is 6.88. The third-order valence-electron chi connectivity index (χ3n) is 4.96. The number of nitrogen functional groups attached to an aromatic ring is 1. The smallest absolute Gasteiger partial charge is 0.116 e. The molecule has 0 atom stereocenters. The van der Waals surface area contributed by atoms with Crippen LogP contribution in [0.3, 0.4) is 0 Å². The fourth-order valence-electron chi connectivity index (χ4n) is 3.73. The molecule has 0 aliphatic rings. The van der Waals surface area contributed by atoms with Gasteiger partial charge in [-0.2, -0.15) is 0 Å². The van der Waals surface area contributed by atoms with E-state index in [0.29, 0.717) is 0 Å². The largest absolute Gasteiger partial charge is 1.00 e.